The lowest BCUT2D eigenvalue weighted by atomic mass is 10.0. The van der Waals surface area contributed by atoms with Gasteiger partial charge in [0.05, 0.1) is 6.10 Å². The fourth-order valence-corrected chi connectivity index (χ4v) is 4.54. The van der Waals surface area contributed by atoms with Crippen molar-refractivity contribution in [3.63, 3.8) is 0 Å². The van der Waals surface area contributed by atoms with Gasteiger partial charge in [-0.15, -0.1) is 0 Å². The largest absolute Gasteiger partial charge is 0.413 e. The Labute approximate surface area is 176 Å². The maximum Gasteiger partial charge on any atom is 0.192 e. The van der Waals surface area contributed by atoms with Crippen LogP contribution in [0.3, 0.4) is 0 Å². The third-order valence-electron chi connectivity index (χ3n) is 5.73. The van der Waals surface area contributed by atoms with Gasteiger partial charge >= 0.3 is 0 Å². The lowest BCUT2D eigenvalue weighted by Crippen LogP contribution is -2.44. The Balaban J connectivity index is 0.00000312. The zero-order valence-corrected chi connectivity index (χ0v) is 20.6. The van der Waals surface area contributed by atoms with Gasteiger partial charge in [-0.05, 0) is 44.1 Å². The van der Waals surface area contributed by atoms with Gasteiger partial charge in [0.15, 0.2) is 8.32 Å². The highest BCUT2D eigenvalue weighted by Gasteiger charge is 2.40. The van der Waals surface area contributed by atoms with E-state index in [9.17, 15) is 0 Å². The molecule has 0 bridgehead atoms. The molecule has 1 aliphatic rings. The van der Waals surface area contributed by atoms with Gasteiger partial charge in [0.1, 0.15) is 0 Å². The van der Waals surface area contributed by atoms with Gasteiger partial charge < -0.3 is 9.74 Å². The molecule has 1 saturated heterocycles. The molecule has 2 rings (SSSR count). The van der Waals surface area contributed by atoms with E-state index in [4.69, 9.17) is 4.43 Å². The normalized spacial score (nSPS) is 19.6. The van der Waals surface area contributed by atoms with Gasteiger partial charge in [-0.2, -0.15) is 27.0 Å². The molecule has 0 saturated carbocycles. The van der Waals surface area contributed by atoms with Crippen LogP contribution in [0.4, 0.5) is 0 Å². The highest BCUT2D eigenvalue weighted by molar-refractivity contribution is 7.59. The van der Waals surface area contributed by atoms with E-state index in [0.717, 1.165) is 26.1 Å². The predicted octanol–water partition coefficient (Wildman–Crippen LogP) is 4.58. The molecule has 1 N–H and O–H groups in total. The highest BCUT2D eigenvalue weighted by Crippen LogP contribution is 2.38. The van der Waals surface area contributed by atoms with Crippen LogP contribution < -0.4 is 5.32 Å². The van der Waals surface area contributed by atoms with Gasteiger partial charge in [-0.25, -0.2) is 0 Å². The molecule has 0 unspecified atom stereocenters. The number of likely N-dealkylation sites (N-methyl/N-ethyl adjacent to an activating group) is 1. The molecule has 0 radical (unpaired) electrons. The molecule has 0 aliphatic carbocycles. The number of hydrogen-bond donors (Lipinski definition) is 1. The average Bonchev–Trinajstić information content (AvgIpc) is 2.90. The summed E-state index contributed by atoms with van der Waals surface area (Å²) in [5.41, 5.74) is 2.71. The van der Waals surface area contributed by atoms with Crippen molar-refractivity contribution in [2.45, 2.75) is 64.4 Å². The molecule has 3 nitrogen and oxygen atoms in total. The second-order valence-electron chi connectivity index (χ2n) is 8.80. The molecular weight excluding hydrogens is 376 g/mol. The molecule has 0 aromatic heterocycles. The summed E-state index contributed by atoms with van der Waals surface area (Å²) in [5, 5.41) is 3.77. The topological polar surface area (TPSA) is 24.5 Å². The van der Waals surface area contributed by atoms with Crippen molar-refractivity contribution in [2.75, 3.05) is 26.7 Å². The zero-order chi connectivity index (χ0) is 18.0. The van der Waals surface area contributed by atoms with E-state index >= 15 is 0 Å². The summed E-state index contributed by atoms with van der Waals surface area (Å²) >= 11 is 0. The third kappa shape index (κ3) is 6.88. The van der Waals surface area contributed by atoms with E-state index in [1.165, 1.54) is 11.1 Å². The van der Waals surface area contributed by atoms with Crippen molar-refractivity contribution >= 4 is 35.3 Å². The second-order valence-corrected chi connectivity index (χ2v) is 13.6. The van der Waals surface area contributed by atoms with E-state index in [1.807, 2.05) is 0 Å². The first-order chi connectivity index (χ1) is 11.1. The van der Waals surface area contributed by atoms with Crippen molar-refractivity contribution in [1.82, 2.24) is 10.2 Å². The van der Waals surface area contributed by atoms with E-state index < -0.39 is 8.32 Å². The van der Waals surface area contributed by atoms with Gasteiger partial charge in [0.25, 0.3) is 0 Å². The Bertz CT molecular complexity index is 549. The SMILES string of the molecule is CN[C@H](CN1CC[C@H](O[Si](C)(C)C(C)(C)C)C1)c1cccc(C)c1.S.S. The number of rotatable bonds is 6. The van der Waals surface area contributed by atoms with Crippen molar-refractivity contribution in [1.29, 1.82) is 0 Å². The molecule has 26 heavy (non-hydrogen) atoms. The molecular formula is C20H40N2OS2Si. The summed E-state index contributed by atoms with van der Waals surface area (Å²) in [7, 11) is 0.401. The van der Waals surface area contributed by atoms with Crippen LogP contribution in [0.5, 0.6) is 0 Å². The Morgan fingerprint density at radius 2 is 1.92 bits per heavy atom. The predicted molar refractivity (Wildman–Crippen MR) is 127 cm³/mol. The van der Waals surface area contributed by atoms with Crippen LogP contribution in [0.15, 0.2) is 24.3 Å². The maximum atomic E-state index is 6.61. The first-order valence-electron chi connectivity index (χ1n) is 9.26. The first-order valence-corrected chi connectivity index (χ1v) is 12.2. The second kappa shape index (κ2) is 10.5. The van der Waals surface area contributed by atoms with E-state index in [-0.39, 0.29) is 32.0 Å². The Hall–Kier alpha value is 0.0169. The van der Waals surface area contributed by atoms with Crippen molar-refractivity contribution in [3.05, 3.63) is 35.4 Å². The summed E-state index contributed by atoms with van der Waals surface area (Å²) in [6.07, 6.45) is 1.57. The minimum absolute atomic E-state index is 0. The molecule has 0 amide bonds. The van der Waals surface area contributed by atoms with Crippen LogP contribution in [0.25, 0.3) is 0 Å². The summed E-state index contributed by atoms with van der Waals surface area (Å²) in [5.74, 6) is 0. The van der Waals surface area contributed by atoms with Crippen LogP contribution >= 0.6 is 27.0 Å². The van der Waals surface area contributed by atoms with E-state index in [1.54, 1.807) is 0 Å². The summed E-state index contributed by atoms with van der Waals surface area (Å²) in [4.78, 5) is 2.56. The Kier molecular flexibility index (Phi) is 10.5. The molecule has 0 spiro atoms. The number of nitrogens with zero attached hydrogens (tertiary/aromatic N) is 1. The minimum atomic E-state index is -1.66. The molecule has 1 fully saturated rings. The molecule has 2 atom stereocenters. The fraction of sp³-hybridized carbons (Fsp3) is 0.700. The maximum absolute atomic E-state index is 6.61. The monoisotopic (exact) mass is 416 g/mol. The van der Waals surface area contributed by atoms with Crippen molar-refractivity contribution in [3.8, 4) is 0 Å². The molecule has 6 heteroatoms. The van der Waals surface area contributed by atoms with Gasteiger partial charge in [-0.1, -0.05) is 50.6 Å². The smallest absolute Gasteiger partial charge is 0.192 e. The van der Waals surface area contributed by atoms with Crippen LogP contribution in [-0.2, 0) is 4.43 Å². The molecule has 1 heterocycles. The zero-order valence-electron chi connectivity index (χ0n) is 17.6. The lowest BCUT2D eigenvalue weighted by molar-refractivity contribution is 0.177. The minimum Gasteiger partial charge on any atom is -0.413 e. The number of aryl methyl sites for hydroxylation is 1. The van der Waals surface area contributed by atoms with Gasteiger partial charge in [-0.3, -0.25) is 4.90 Å². The Morgan fingerprint density at radius 1 is 1.27 bits per heavy atom. The van der Waals surface area contributed by atoms with Crippen LogP contribution in [0, 0.1) is 6.92 Å². The van der Waals surface area contributed by atoms with Crippen molar-refractivity contribution in [2.24, 2.45) is 0 Å². The quantitative estimate of drug-likeness (QED) is 0.687. The molecule has 1 aliphatic heterocycles. The molecule has 152 valence electrons. The Morgan fingerprint density at radius 3 is 2.46 bits per heavy atom. The summed E-state index contributed by atoms with van der Waals surface area (Å²) < 4.78 is 6.61. The fourth-order valence-electron chi connectivity index (χ4n) is 3.16. The lowest BCUT2D eigenvalue weighted by Gasteiger charge is -2.38. The van der Waals surface area contributed by atoms with E-state index in [0.29, 0.717) is 12.1 Å². The van der Waals surface area contributed by atoms with Gasteiger partial charge in [0, 0.05) is 25.7 Å². The average molecular weight is 417 g/mol. The highest BCUT2D eigenvalue weighted by atomic mass is 32.1. The van der Waals surface area contributed by atoms with Crippen LogP contribution in [-0.4, -0.2) is 46.0 Å². The standard InChI is InChI=1S/C20H36N2OSi.2H2S/c1-16-9-8-10-17(13-16)19(21-5)15-22-12-11-18(14-22)23-24(6,7)20(2,3)4;;/h8-10,13,18-19,21H,11-12,14-15H2,1-7H3;2*1H2/t18-,19+;;/m0../s1. The molecule has 1 aromatic carbocycles. The van der Waals surface area contributed by atoms with E-state index in [2.05, 4.69) is 82.3 Å². The third-order valence-corrected chi connectivity index (χ3v) is 10.3. The van der Waals surface area contributed by atoms with Gasteiger partial charge in [0.2, 0.25) is 0 Å². The summed E-state index contributed by atoms with van der Waals surface area (Å²) in [6, 6.07) is 9.23. The first kappa shape index (κ1) is 26.0. The van der Waals surface area contributed by atoms with Crippen molar-refractivity contribution < 1.29 is 4.43 Å². The summed E-state index contributed by atoms with van der Waals surface area (Å²) in [6.45, 7) is 17.1. The van der Waals surface area contributed by atoms with Crippen LogP contribution in [0.2, 0.25) is 18.1 Å². The number of hydrogen-bond acceptors (Lipinski definition) is 3. The number of likely N-dealkylation sites (tertiary alicyclic amines) is 1. The number of nitrogens with one attached hydrogen (secondary N) is 1. The number of benzene rings is 1. The van der Waals surface area contributed by atoms with Crippen LogP contribution in [0.1, 0.15) is 44.4 Å². The molecule has 1 aromatic rings.